The van der Waals surface area contributed by atoms with E-state index in [4.69, 9.17) is 16.3 Å². The summed E-state index contributed by atoms with van der Waals surface area (Å²) in [7, 11) is 0. The molecule has 2 aromatic rings. The molecule has 0 radical (unpaired) electrons. The summed E-state index contributed by atoms with van der Waals surface area (Å²) in [5.74, 6) is 0. The molecule has 4 nitrogen and oxygen atoms in total. The Morgan fingerprint density at radius 1 is 1.22 bits per heavy atom. The number of benzene rings is 1. The predicted molar refractivity (Wildman–Crippen MR) is 93.9 cm³/mol. The highest BCUT2D eigenvalue weighted by Crippen LogP contribution is 2.25. The van der Waals surface area contributed by atoms with Crippen LogP contribution in [0.5, 0.6) is 0 Å². The van der Waals surface area contributed by atoms with E-state index in [0.717, 1.165) is 24.2 Å². The van der Waals surface area contributed by atoms with E-state index in [0.29, 0.717) is 12.2 Å². The third-order valence-corrected chi connectivity index (χ3v) is 3.80. The molecule has 2 rings (SSSR count). The van der Waals surface area contributed by atoms with Gasteiger partial charge in [-0.15, -0.1) is 0 Å². The summed E-state index contributed by atoms with van der Waals surface area (Å²) >= 11 is 6.28. The fourth-order valence-electron chi connectivity index (χ4n) is 2.23. The van der Waals surface area contributed by atoms with Gasteiger partial charge in [-0.25, -0.2) is 4.68 Å². The molecule has 0 saturated carbocycles. The van der Waals surface area contributed by atoms with Gasteiger partial charge < -0.3 is 4.74 Å². The first-order valence-corrected chi connectivity index (χ1v) is 8.17. The molecule has 0 unspecified atom stereocenters. The lowest BCUT2D eigenvalue weighted by atomic mass is 10.1. The maximum absolute atomic E-state index is 12.4. The molecular weight excluding hydrogens is 312 g/mol. The van der Waals surface area contributed by atoms with Crippen LogP contribution in [0.15, 0.2) is 35.3 Å². The number of halogens is 1. The lowest BCUT2D eigenvalue weighted by molar-refractivity contribution is 0.121. The van der Waals surface area contributed by atoms with E-state index in [9.17, 15) is 4.79 Å². The van der Waals surface area contributed by atoms with Crippen LogP contribution >= 0.6 is 11.6 Å². The van der Waals surface area contributed by atoms with Gasteiger partial charge in [0.2, 0.25) is 0 Å². The van der Waals surface area contributed by atoms with Gasteiger partial charge in [-0.1, -0.05) is 42.8 Å². The van der Waals surface area contributed by atoms with Crippen LogP contribution in [-0.4, -0.2) is 16.4 Å². The molecule has 0 bridgehead atoms. The SMILES string of the molecule is CCCOCc1ccc(-c2cnn(C(C)(C)C)c(=O)c2Cl)cc1. The van der Waals surface area contributed by atoms with Gasteiger partial charge in [-0.2, -0.15) is 5.10 Å². The summed E-state index contributed by atoms with van der Waals surface area (Å²) in [6, 6.07) is 7.84. The first-order valence-electron chi connectivity index (χ1n) is 7.80. The standard InChI is InChI=1S/C18H23ClN2O2/c1-5-10-23-12-13-6-8-14(9-7-13)15-11-20-21(18(2,3)4)17(22)16(15)19/h6-9,11H,5,10,12H2,1-4H3. The van der Waals surface area contributed by atoms with E-state index in [2.05, 4.69) is 12.0 Å². The summed E-state index contributed by atoms with van der Waals surface area (Å²) in [5, 5.41) is 4.46. The molecule has 0 aliphatic heterocycles. The maximum atomic E-state index is 12.4. The van der Waals surface area contributed by atoms with Gasteiger partial charge in [0.05, 0.1) is 18.3 Å². The Balaban J connectivity index is 2.29. The Morgan fingerprint density at radius 3 is 2.43 bits per heavy atom. The lowest BCUT2D eigenvalue weighted by Gasteiger charge is -2.21. The third kappa shape index (κ3) is 4.21. The van der Waals surface area contributed by atoms with Crippen LogP contribution in [-0.2, 0) is 16.9 Å². The minimum atomic E-state index is -0.403. The number of nitrogens with zero attached hydrogens (tertiary/aromatic N) is 2. The van der Waals surface area contributed by atoms with Crippen LogP contribution in [0.2, 0.25) is 5.02 Å². The molecule has 1 heterocycles. The molecule has 5 heteroatoms. The van der Waals surface area contributed by atoms with Gasteiger partial charge in [0, 0.05) is 12.2 Å². The average Bonchev–Trinajstić information content (AvgIpc) is 2.50. The molecule has 0 fully saturated rings. The minimum absolute atomic E-state index is 0.199. The van der Waals surface area contributed by atoms with Crippen molar-refractivity contribution in [2.75, 3.05) is 6.61 Å². The first-order chi connectivity index (χ1) is 10.8. The highest BCUT2D eigenvalue weighted by atomic mass is 35.5. The van der Waals surface area contributed by atoms with Crippen molar-refractivity contribution in [1.82, 2.24) is 9.78 Å². The number of hydrogen-bond donors (Lipinski definition) is 0. The van der Waals surface area contributed by atoms with E-state index < -0.39 is 5.54 Å². The smallest absolute Gasteiger partial charge is 0.286 e. The molecule has 23 heavy (non-hydrogen) atoms. The second-order valence-corrected chi connectivity index (χ2v) is 6.89. The van der Waals surface area contributed by atoms with Crippen LogP contribution in [0.3, 0.4) is 0 Å². The lowest BCUT2D eigenvalue weighted by Crippen LogP contribution is -2.36. The number of rotatable bonds is 5. The number of hydrogen-bond acceptors (Lipinski definition) is 3. The van der Waals surface area contributed by atoms with Crippen molar-refractivity contribution in [3.63, 3.8) is 0 Å². The summed E-state index contributed by atoms with van der Waals surface area (Å²) in [5.41, 5.74) is 1.94. The molecule has 124 valence electrons. The normalized spacial score (nSPS) is 11.7. The van der Waals surface area contributed by atoms with Crippen LogP contribution in [0, 0.1) is 0 Å². The predicted octanol–water partition coefficient (Wildman–Crippen LogP) is 4.25. The molecule has 1 aromatic heterocycles. The van der Waals surface area contributed by atoms with Crippen LogP contribution in [0.1, 0.15) is 39.7 Å². The van der Waals surface area contributed by atoms with Gasteiger partial charge >= 0.3 is 0 Å². The summed E-state index contributed by atoms with van der Waals surface area (Å²) in [6.45, 7) is 9.18. The van der Waals surface area contributed by atoms with Gasteiger partial charge in [0.1, 0.15) is 5.02 Å². The zero-order chi connectivity index (χ0) is 17.0. The minimum Gasteiger partial charge on any atom is -0.377 e. The van der Waals surface area contributed by atoms with Gasteiger partial charge in [-0.05, 0) is 38.3 Å². The molecule has 0 aliphatic carbocycles. The molecule has 1 aromatic carbocycles. The molecule has 0 atom stereocenters. The van der Waals surface area contributed by atoms with Gasteiger partial charge in [0.15, 0.2) is 0 Å². The number of aromatic nitrogens is 2. The van der Waals surface area contributed by atoms with Crippen molar-refractivity contribution in [2.24, 2.45) is 0 Å². The fourth-order valence-corrected chi connectivity index (χ4v) is 2.46. The highest BCUT2D eigenvalue weighted by molar-refractivity contribution is 6.33. The van der Waals surface area contributed by atoms with Crippen LogP contribution < -0.4 is 5.56 Å². The van der Waals surface area contributed by atoms with E-state index in [1.54, 1.807) is 6.20 Å². The largest absolute Gasteiger partial charge is 0.377 e. The van der Waals surface area contributed by atoms with Crippen molar-refractivity contribution in [3.05, 3.63) is 51.4 Å². The Morgan fingerprint density at radius 2 is 1.87 bits per heavy atom. The maximum Gasteiger partial charge on any atom is 0.286 e. The van der Waals surface area contributed by atoms with Crippen molar-refractivity contribution in [1.29, 1.82) is 0 Å². The van der Waals surface area contributed by atoms with E-state index in [-0.39, 0.29) is 10.6 Å². The van der Waals surface area contributed by atoms with Crippen molar-refractivity contribution >= 4 is 11.6 Å². The van der Waals surface area contributed by atoms with Crippen molar-refractivity contribution in [2.45, 2.75) is 46.3 Å². The van der Waals surface area contributed by atoms with Crippen molar-refractivity contribution in [3.8, 4) is 11.1 Å². The second kappa shape index (κ2) is 7.28. The molecule has 0 aliphatic rings. The van der Waals surface area contributed by atoms with E-state index in [1.807, 2.05) is 45.0 Å². The summed E-state index contributed by atoms with van der Waals surface area (Å²) in [6.07, 6.45) is 2.65. The van der Waals surface area contributed by atoms with Crippen LogP contribution in [0.25, 0.3) is 11.1 Å². The summed E-state index contributed by atoms with van der Waals surface area (Å²) < 4.78 is 6.93. The third-order valence-electron chi connectivity index (χ3n) is 3.44. The first kappa shape index (κ1) is 17.7. The van der Waals surface area contributed by atoms with Gasteiger partial charge in [-0.3, -0.25) is 4.79 Å². The van der Waals surface area contributed by atoms with Crippen LogP contribution in [0.4, 0.5) is 0 Å². The molecule has 0 amide bonds. The van der Waals surface area contributed by atoms with E-state index in [1.165, 1.54) is 4.68 Å². The molecule has 0 spiro atoms. The molecule has 0 N–H and O–H groups in total. The zero-order valence-electron chi connectivity index (χ0n) is 14.1. The van der Waals surface area contributed by atoms with Gasteiger partial charge in [0.25, 0.3) is 5.56 Å². The topological polar surface area (TPSA) is 44.1 Å². The molecular formula is C18H23ClN2O2. The Labute approximate surface area is 142 Å². The fraction of sp³-hybridized carbons (Fsp3) is 0.444. The Hall–Kier alpha value is -1.65. The summed E-state index contributed by atoms with van der Waals surface area (Å²) in [4.78, 5) is 12.4. The van der Waals surface area contributed by atoms with E-state index >= 15 is 0 Å². The second-order valence-electron chi connectivity index (χ2n) is 6.51. The zero-order valence-corrected chi connectivity index (χ0v) is 14.9. The number of ether oxygens (including phenoxy) is 1. The Bertz CT molecular complexity index is 715. The van der Waals surface area contributed by atoms with Crippen molar-refractivity contribution < 1.29 is 4.74 Å². The Kier molecular flexibility index (Phi) is 5.60. The monoisotopic (exact) mass is 334 g/mol. The molecule has 0 saturated heterocycles. The average molecular weight is 335 g/mol. The quantitative estimate of drug-likeness (QED) is 0.768. The highest BCUT2D eigenvalue weighted by Gasteiger charge is 2.19.